The number of aromatic nitrogens is 2. The summed E-state index contributed by atoms with van der Waals surface area (Å²) < 4.78 is 1.89. The molecular weight excluding hydrogens is 269 g/mol. The van der Waals surface area contributed by atoms with E-state index in [1.165, 1.54) is 0 Å². The predicted molar refractivity (Wildman–Crippen MR) is 82.8 cm³/mol. The number of hydrogen-bond acceptors (Lipinski definition) is 3. The van der Waals surface area contributed by atoms with Gasteiger partial charge in [0.25, 0.3) is 0 Å². The Balaban J connectivity index is 2.00. The molecule has 3 aromatic rings. The number of nitrogen functional groups attached to an aromatic ring is 1. The first-order chi connectivity index (χ1) is 9.75. The van der Waals surface area contributed by atoms with Gasteiger partial charge in [-0.05, 0) is 24.3 Å². The normalized spacial score (nSPS) is 12.2. The van der Waals surface area contributed by atoms with Crippen molar-refractivity contribution in [2.45, 2.75) is 0 Å². The summed E-state index contributed by atoms with van der Waals surface area (Å²) in [4.78, 5) is 14.8. The van der Waals surface area contributed by atoms with Crippen molar-refractivity contribution < 1.29 is 4.89 Å². The highest BCUT2D eigenvalue weighted by Crippen LogP contribution is 2.27. The maximum Gasteiger partial charge on any atom is 0.168 e. The van der Waals surface area contributed by atoms with Crippen molar-refractivity contribution in [3.8, 4) is 5.69 Å². The van der Waals surface area contributed by atoms with Crippen molar-refractivity contribution in [1.82, 2.24) is 9.55 Å². The van der Waals surface area contributed by atoms with E-state index in [9.17, 15) is 4.89 Å². The lowest BCUT2D eigenvalue weighted by Gasteiger charge is -2.13. The Labute approximate surface area is 118 Å². The maximum atomic E-state index is 10.5. The van der Waals surface area contributed by atoms with Gasteiger partial charge in [-0.2, -0.15) is 0 Å². The smallest absolute Gasteiger partial charge is 0.168 e. The van der Waals surface area contributed by atoms with Crippen LogP contribution in [-0.4, -0.2) is 14.4 Å². The first kappa shape index (κ1) is 12.9. The molecule has 5 heteroatoms. The molecule has 0 fully saturated rings. The zero-order valence-electron chi connectivity index (χ0n) is 10.7. The minimum Gasteiger partial charge on any atom is -0.399 e. The van der Waals surface area contributed by atoms with E-state index in [0.717, 1.165) is 11.0 Å². The number of rotatable bonds is 3. The van der Waals surface area contributed by atoms with E-state index in [0.29, 0.717) is 11.3 Å². The van der Waals surface area contributed by atoms with Crippen molar-refractivity contribution in [3.05, 3.63) is 67.0 Å². The summed E-state index contributed by atoms with van der Waals surface area (Å²) >= 11 is 0. The lowest BCUT2D eigenvalue weighted by molar-refractivity contribution is 0.641. The van der Waals surface area contributed by atoms with E-state index < -0.39 is 8.15 Å². The van der Waals surface area contributed by atoms with Crippen LogP contribution in [0.5, 0.6) is 0 Å². The molecule has 0 spiro atoms. The van der Waals surface area contributed by atoms with Gasteiger partial charge in [0.1, 0.15) is 8.15 Å². The third-order valence-corrected chi connectivity index (χ3v) is 4.48. The molecule has 0 aliphatic carbocycles. The lowest BCUT2D eigenvalue weighted by atomic mass is 10.3. The molecule has 100 valence electrons. The molecule has 1 aromatic heterocycles. The fraction of sp³-hybridized carbons (Fsp3) is 0. The van der Waals surface area contributed by atoms with Gasteiger partial charge in [0.15, 0.2) is 5.57 Å². The van der Waals surface area contributed by atoms with Crippen molar-refractivity contribution in [2.75, 3.05) is 5.73 Å². The van der Waals surface area contributed by atoms with Gasteiger partial charge in [-0.15, -0.1) is 0 Å². The van der Waals surface area contributed by atoms with Crippen LogP contribution >= 0.6 is 8.15 Å². The summed E-state index contributed by atoms with van der Waals surface area (Å²) in [5.74, 6) is 0. The van der Waals surface area contributed by atoms with Gasteiger partial charge in [0.05, 0.1) is 0 Å². The highest BCUT2D eigenvalue weighted by Gasteiger charge is 2.17. The monoisotopic (exact) mass is 283 g/mol. The minimum absolute atomic E-state index is 0.649. The predicted octanol–water partition coefficient (Wildman–Crippen LogP) is 1.79. The lowest BCUT2D eigenvalue weighted by Crippen LogP contribution is -2.20. The SMILES string of the molecule is Nc1ccc(-n2ccnc2P(O)c2ccccc2)cc1. The Morgan fingerprint density at radius 3 is 2.40 bits per heavy atom. The first-order valence-corrected chi connectivity index (χ1v) is 7.48. The third-order valence-electron chi connectivity index (χ3n) is 2.98. The van der Waals surface area contributed by atoms with E-state index in [1.54, 1.807) is 6.20 Å². The Kier molecular flexibility index (Phi) is 3.50. The molecule has 0 aliphatic rings. The molecule has 3 N–H and O–H groups in total. The van der Waals surface area contributed by atoms with Gasteiger partial charge in [-0.3, -0.25) is 4.57 Å². The highest BCUT2D eigenvalue weighted by atomic mass is 31.1. The van der Waals surface area contributed by atoms with Crippen molar-refractivity contribution >= 4 is 24.7 Å². The van der Waals surface area contributed by atoms with Crippen LogP contribution in [0.1, 0.15) is 0 Å². The van der Waals surface area contributed by atoms with E-state index in [4.69, 9.17) is 5.73 Å². The maximum absolute atomic E-state index is 10.5. The summed E-state index contributed by atoms with van der Waals surface area (Å²) in [5.41, 5.74) is 7.99. The van der Waals surface area contributed by atoms with Crippen molar-refractivity contribution in [1.29, 1.82) is 0 Å². The molecule has 3 rings (SSSR count). The molecule has 20 heavy (non-hydrogen) atoms. The second-order valence-corrected chi connectivity index (χ2v) is 5.88. The Bertz CT molecular complexity index is 695. The minimum atomic E-state index is -1.47. The van der Waals surface area contributed by atoms with Crippen LogP contribution < -0.4 is 16.6 Å². The molecule has 0 bridgehead atoms. The van der Waals surface area contributed by atoms with Gasteiger partial charge in [0, 0.05) is 29.1 Å². The quantitative estimate of drug-likeness (QED) is 0.569. The zero-order chi connectivity index (χ0) is 13.9. The summed E-state index contributed by atoms with van der Waals surface area (Å²) in [6.45, 7) is 0. The molecule has 0 radical (unpaired) electrons. The van der Waals surface area contributed by atoms with Gasteiger partial charge in [-0.1, -0.05) is 30.3 Å². The summed E-state index contributed by atoms with van der Waals surface area (Å²) in [6.07, 6.45) is 3.54. The number of hydrogen-bond donors (Lipinski definition) is 2. The molecule has 1 atom stereocenters. The highest BCUT2D eigenvalue weighted by molar-refractivity contribution is 7.67. The van der Waals surface area contributed by atoms with E-state index in [1.807, 2.05) is 65.4 Å². The molecule has 1 unspecified atom stereocenters. The van der Waals surface area contributed by atoms with Gasteiger partial charge in [-0.25, -0.2) is 4.98 Å². The average molecular weight is 283 g/mol. The third kappa shape index (κ3) is 2.44. The fourth-order valence-corrected chi connectivity index (χ4v) is 3.22. The zero-order valence-corrected chi connectivity index (χ0v) is 11.6. The molecule has 0 saturated heterocycles. The topological polar surface area (TPSA) is 64.1 Å². The Morgan fingerprint density at radius 1 is 1.00 bits per heavy atom. The Morgan fingerprint density at radius 2 is 1.70 bits per heavy atom. The van der Waals surface area contributed by atoms with E-state index in [-0.39, 0.29) is 0 Å². The number of nitrogens with two attached hydrogens (primary N) is 1. The molecule has 1 heterocycles. The van der Waals surface area contributed by atoms with Gasteiger partial charge >= 0.3 is 0 Å². The summed E-state index contributed by atoms with van der Waals surface area (Å²) in [7, 11) is -1.47. The molecule has 0 aliphatic heterocycles. The van der Waals surface area contributed by atoms with Gasteiger partial charge < -0.3 is 10.6 Å². The standard InChI is InChI=1S/C15H14N3OP/c16-12-6-8-13(9-7-12)18-11-10-17-15(18)20(19)14-4-2-1-3-5-14/h1-11,19H,16H2. The van der Waals surface area contributed by atoms with Crippen LogP contribution in [0.3, 0.4) is 0 Å². The number of nitrogens with zero attached hydrogens (tertiary/aromatic N) is 2. The fourth-order valence-electron chi connectivity index (χ4n) is 1.97. The molecule has 0 amide bonds. The van der Waals surface area contributed by atoms with Crippen LogP contribution in [0.15, 0.2) is 67.0 Å². The van der Waals surface area contributed by atoms with Crippen molar-refractivity contribution in [2.24, 2.45) is 0 Å². The number of benzene rings is 2. The number of imidazole rings is 1. The second-order valence-electron chi connectivity index (χ2n) is 4.34. The Hall–Kier alpha value is -2.16. The van der Waals surface area contributed by atoms with E-state index in [2.05, 4.69) is 4.98 Å². The molecule has 0 saturated carbocycles. The van der Waals surface area contributed by atoms with Gasteiger partial charge in [0.2, 0.25) is 0 Å². The average Bonchev–Trinajstić information content (AvgIpc) is 2.97. The summed E-state index contributed by atoms with van der Waals surface area (Å²) in [6, 6.07) is 17.1. The van der Waals surface area contributed by atoms with Crippen LogP contribution in [0.25, 0.3) is 5.69 Å². The second kappa shape index (κ2) is 5.45. The van der Waals surface area contributed by atoms with Crippen LogP contribution in [0.2, 0.25) is 0 Å². The first-order valence-electron chi connectivity index (χ1n) is 6.19. The largest absolute Gasteiger partial charge is 0.399 e. The summed E-state index contributed by atoms with van der Waals surface area (Å²) in [5, 5.41) is 0.880. The van der Waals surface area contributed by atoms with Crippen LogP contribution in [0, 0.1) is 0 Å². The number of anilines is 1. The van der Waals surface area contributed by atoms with Crippen LogP contribution in [-0.2, 0) is 0 Å². The van der Waals surface area contributed by atoms with Crippen molar-refractivity contribution in [3.63, 3.8) is 0 Å². The van der Waals surface area contributed by atoms with Crippen LogP contribution in [0.4, 0.5) is 5.69 Å². The molecular formula is C15H14N3OP. The van der Waals surface area contributed by atoms with E-state index >= 15 is 0 Å². The molecule has 4 nitrogen and oxygen atoms in total. The molecule has 2 aromatic carbocycles.